The number of hydrogen-bond acceptors (Lipinski definition) is 6. The fraction of sp³-hybridized carbons (Fsp3) is 0.450. The number of carboxylic acids is 1. The van der Waals surface area contributed by atoms with Crippen LogP contribution in [-0.2, 0) is 30.4 Å². The van der Waals surface area contributed by atoms with Gasteiger partial charge < -0.3 is 32.1 Å². The maximum absolute atomic E-state index is 12.9. The van der Waals surface area contributed by atoms with Gasteiger partial charge in [-0.15, -0.1) is 0 Å². The fourth-order valence-electron chi connectivity index (χ4n) is 3.47. The maximum Gasteiger partial charge on any atom is 0.326 e. The molecule has 1 aromatic rings. The van der Waals surface area contributed by atoms with E-state index in [4.69, 9.17) is 11.5 Å². The van der Waals surface area contributed by atoms with Crippen LogP contribution >= 0.6 is 0 Å². The molecule has 4 amide bonds. The van der Waals surface area contributed by atoms with Gasteiger partial charge in [-0.1, -0.05) is 30.3 Å². The molecule has 2 rings (SSSR count). The Morgan fingerprint density at radius 1 is 1.10 bits per heavy atom. The monoisotopic (exact) mass is 433 g/mol. The van der Waals surface area contributed by atoms with Gasteiger partial charge in [0.2, 0.25) is 23.6 Å². The normalized spacial score (nSPS) is 17.5. The Bertz CT molecular complexity index is 831. The molecule has 0 aliphatic carbocycles. The smallest absolute Gasteiger partial charge is 0.326 e. The van der Waals surface area contributed by atoms with Crippen LogP contribution in [0.5, 0.6) is 0 Å². The van der Waals surface area contributed by atoms with Crippen LogP contribution in [-0.4, -0.2) is 70.8 Å². The molecule has 0 saturated carbocycles. The zero-order chi connectivity index (χ0) is 23.0. The zero-order valence-corrected chi connectivity index (χ0v) is 17.0. The van der Waals surface area contributed by atoms with Gasteiger partial charge in [-0.05, 0) is 18.4 Å². The number of hydrogen-bond donors (Lipinski definition) is 5. The Morgan fingerprint density at radius 2 is 1.77 bits per heavy atom. The third-order valence-corrected chi connectivity index (χ3v) is 4.96. The molecular formula is C20H27N5O6. The van der Waals surface area contributed by atoms with Gasteiger partial charge in [0.1, 0.15) is 18.1 Å². The summed E-state index contributed by atoms with van der Waals surface area (Å²) in [6.45, 7) is -0.144. The van der Waals surface area contributed by atoms with E-state index in [-0.39, 0.29) is 25.9 Å². The molecule has 0 aromatic heterocycles. The number of rotatable bonds is 10. The Kier molecular flexibility index (Phi) is 8.50. The fourth-order valence-corrected chi connectivity index (χ4v) is 3.47. The Hall–Kier alpha value is -3.47. The van der Waals surface area contributed by atoms with Crippen molar-refractivity contribution in [2.45, 2.75) is 43.8 Å². The maximum atomic E-state index is 12.9. The average Bonchev–Trinajstić information content (AvgIpc) is 3.22. The Morgan fingerprint density at radius 3 is 2.35 bits per heavy atom. The lowest BCUT2D eigenvalue weighted by molar-refractivity contribution is -0.149. The molecule has 1 heterocycles. The lowest BCUT2D eigenvalue weighted by atomic mass is 10.0. The van der Waals surface area contributed by atoms with Gasteiger partial charge in [0.15, 0.2) is 0 Å². The summed E-state index contributed by atoms with van der Waals surface area (Å²) in [6, 6.07) is 5.44. The largest absolute Gasteiger partial charge is 0.480 e. The van der Waals surface area contributed by atoms with Gasteiger partial charge in [-0.25, -0.2) is 4.79 Å². The standard InChI is InChI=1S/C20H27N5O6/c21-11-17(27)23-13(9-12-5-2-1-3-6-12)18(28)24-14(10-16(22)26)19(29)25-8-4-7-15(25)20(30)31/h1-3,5-6,13-15H,4,7-11,21H2,(H2,22,26)(H,23,27)(H,24,28)(H,30,31). The van der Waals surface area contributed by atoms with Gasteiger partial charge >= 0.3 is 5.97 Å². The van der Waals surface area contributed by atoms with Crippen molar-refractivity contribution in [3.8, 4) is 0 Å². The number of nitrogens with two attached hydrogens (primary N) is 2. The predicted molar refractivity (Wildman–Crippen MR) is 109 cm³/mol. The highest BCUT2D eigenvalue weighted by molar-refractivity contribution is 5.96. The van der Waals surface area contributed by atoms with E-state index >= 15 is 0 Å². The van der Waals surface area contributed by atoms with Crippen LogP contribution in [0.25, 0.3) is 0 Å². The molecule has 1 fully saturated rings. The molecule has 0 bridgehead atoms. The third-order valence-electron chi connectivity index (χ3n) is 4.96. The van der Waals surface area contributed by atoms with Crippen LogP contribution < -0.4 is 22.1 Å². The van der Waals surface area contributed by atoms with Crippen molar-refractivity contribution in [3.63, 3.8) is 0 Å². The minimum absolute atomic E-state index is 0.122. The predicted octanol–water partition coefficient (Wildman–Crippen LogP) is -1.89. The second-order valence-corrected chi connectivity index (χ2v) is 7.27. The Balaban J connectivity index is 2.20. The molecule has 3 atom stereocenters. The highest BCUT2D eigenvalue weighted by Gasteiger charge is 2.38. The van der Waals surface area contributed by atoms with Crippen molar-refractivity contribution >= 4 is 29.6 Å². The van der Waals surface area contributed by atoms with Crippen LogP contribution in [0.4, 0.5) is 0 Å². The molecule has 1 aromatic carbocycles. The number of carboxylic acid groups (broad SMARTS) is 1. The molecule has 1 aliphatic heterocycles. The number of benzene rings is 1. The van der Waals surface area contributed by atoms with Crippen molar-refractivity contribution < 1.29 is 29.1 Å². The number of carbonyl (C=O) groups is 5. The lowest BCUT2D eigenvalue weighted by Crippen LogP contribution is -2.57. The molecule has 7 N–H and O–H groups in total. The van der Waals surface area contributed by atoms with E-state index in [1.165, 1.54) is 0 Å². The van der Waals surface area contributed by atoms with Crippen LogP contribution in [0.15, 0.2) is 30.3 Å². The summed E-state index contributed by atoms with van der Waals surface area (Å²) in [5.41, 5.74) is 11.3. The summed E-state index contributed by atoms with van der Waals surface area (Å²) >= 11 is 0. The average molecular weight is 433 g/mol. The van der Waals surface area contributed by atoms with Crippen molar-refractivity contribution in [2.75, 3.05) is 13.1 Å². The second-order valence-electron chi connectivity index (χ2n) is 7.27. The van der Waals surface area contributed by atoms with Crippen molar-refractivity contribution in [1.82, 2.24) is 15.5 Å². The van der Waals surface area contributed by atoms with Crippen LogP contribution in [0.3, 0.4) is 0 Å². The number of amides is 4. The molecule has 11 nitrogen and oxygen atoms in total. The number of primary amides is 1. The molecule has 0 radical (unpaired) electrons. The second kappa shape index (κ2) is 11.1. The number of nitrogens with one attached hydrogen (secondary N) is 2. The van der Waals surface area contributed by atoms with E-state index in [1.807, 2.05) is 0 Å². The van der Waals surface area contributed by atoms with E-state index in [9.17, 15) is 29.1 Å². The van der Waals surface area contributed by atoms with E-state index in [1.54, 1.807) is 30.3 Å². The summed E-state index contributed by atoms with van der Waals surface area (Å²) in [5.74, 6) is -3.99. The highest BCUT2D eigenvalue weighted by Crippen LogP contribution is 2.19. The molecule has 11 heteroatoms. The Labute approximate surface area is 179 Å². The van der Waals surface area contributed by atoms with Gasteiger partial charge in [-0.2, -0.15) is 0 Å². The third kappa shape index (κ3) is 6.78. The number of aliphatic carboxylic acids is 1. The molecule has 1 aliphatic rings. The topological polar surface area (TPSA) is 185 Å². The highest BCUT2D eigenvalue weighted by atomic mass is 16.4. The summed E-state index contributed by atoms with van der Waals surface area (Å²) in [7, 11) is 0. The molecule has 31 heavy (non-hydrogen) atoms. The van der Waals surface area contributed by atoms with E-state index in [2.05, 4.69) is 10.6 Å². The lowest BCUT2D eigenvalue weighted by Gasteiger charge is -2.28. The van der Waals surface area contributed by atoms with Gasteiger partial charge in [-0.3, -0.25) is 19.2 Å². The van der Waals surface area contributed by atoms with Crippen LogP contribution in [0.1, 0.15) is 24.8 Å². The van der Waals surface area contributed by atoms with E-state index in [0.29, 0.717) is 6.42 Å². The minimum Gasteiger partial charge on any atom is -0.480 e. The van der Waals surface area contributed by atoms with E-state index in [0.717, 1.165) is 10.5 Å². The van der Waals surface area contributed by atoms with Gasteiger partial charge in [0.25, 0.3) is 0 Å². The van der Waals surface area contributed by atoms with Gasteiger partial charge in [0.05, 0.1) is 13.0 Å². The number of nitrogens with zero attached hydrogens (tertiary/aromatic N) is 1. The quantitative estimate of drug-likeness (QED) is 0.285. The van der Waals surface area contributed by atoms with E-state index < -0.39 is 54.1 Å². The zero-order valence-electron chi connectivity index (χ0n) is 17.0. The molecule has 168 valence electrons. The first-order valence-electron chi connectivity index (χ1n) is 9.88. The SMILES string of the molecule is NCC(=O)NC(Cc1ccccc1)C(=O)NC(CC(N)=O)C(=O)N1CCCC1C(=O)O. The summed E-state index contributed by atoms with van der Waals surface area (Å²) in [6.07, 6.45) is 0.387. The van der Waals surface area contributed by atoms with Crippen molar-refractivity contribution in [3.05, 3.63) is 35.9 Å². The molecule has 3 unspecified atom stereocenters. The van der Waals surface area contributed by atoms with Gasteiger partial charge in [0, 0.05) is 13.0 Å². The summed E-state index contributed by atoms with van der Waals surface area (Å²) in [5, 5.41) is 14.3. The molecular weight excluding hydrogens is 406 g/mol. The van der Waals surface area contributed by atoms with Crippen molar-refractivity contribution in [2.24, 2.45) is 11.5 Å². The number of likely N-dealkylation sites (tertiary alicyclic amines) is 1. The first-order valence-corrected chi connectivity index (χ1v) is 9.88. The first-order chi connectivity index (χ1) is 14.7. The van der Waals surface area contributed by atoms with Crippen LogP contribution in [0.2, 0.25) is 0 Å². The van der Waals surface area contributed by atoms with Crippen molar-refractivity contribution in [1.29, 1.82) is 0 Å². The molecule has 0 spiro atoms. The first kappa shape index (κ1) is 23.8. The van der Waals surface area contributed by atoms with Crippen LogP contribution in [0, 0.1) is 0 Å². The molecule has 1 saturated heterocycles. The summed E-state index contributed by atoms with van der Waals surface area (Å²) < 4.78 is 0. The summed E-state index contributed by atoms with van der Waals surface area (Å²) in [4.78, 5) is 61.7. The number of carbonyl (C=O) groups excluding carboxylic acids is 4. The minimum atomic E-state index is -1.35.